The molecule has 17 heavy (non-hydrogen) atoms. The number of aldehydes is 1. The number of aromatic nitrogens is 2. The van der Waals surface area contributed by atoms with E-state index in [0.29, 0.717) is 5.69 Å². The Morgan fingerprint density at radius 2 is 2.00 bits per heavy atom. The second-order valence-electron chi connectivity index (χ2n) is 3.93. The van der Waals surface area contributed by atoms with Gasteiger partial charge in [-0.1, -0.05) is 28.1 Å². The van der Waals surface area contributed by atoms with Gasteiger partial charge in [0, 0.05) is 17.2 Å². The Morgan fingerprint density at radius 3 is 2.65 bits per heavy atom. The standard InChI is InChI=1S/C13H13BrN2O/c1-16-9-15-12(8-17)13(16)7-4-10-2-5-11(14)6-3-10/h2-3,5-6,8-9H,4,7H2,1H3. The average molecular weight is 293 g/mol. The van der Waals surface area contributed by atoms with Crippen molar-refractivity contribution >= 4 is 22.2 Å². The molecule has 3 nitrogen and oxygen atoms in total. The summed E-state index contributed by atoms with van der Waals surface area (Å²) in [5, 5.41) is 0. The van der Waals surface area contributed by atoms with Gasteiger partial charge >= 0.3 is 0 Å². The lowest BCUT2D eigenvalue weighted by Crippen LogP contribution is -2.01. The molecule has 4 heteroatoms. The van der Waals surface area contributed by atoms with E-state index in [1.807, 2.05) is 23.7 Å². The molecule has 1 heterocycles. The van der Waals surface area contributed by atoms with Crippen LogP contribution >= 0.6 is 15.9 Å². The molecule has 0 aliphatic rings. The Labute approximate surface area is 109 Å². The summed E-state index contributed by atoms with van der Waals surface area (Å²) >= 11 is 3.41. The predicted molar refractivity (Wildman–Crippen MR) is 70.1 cm³/mol. The molecule has 0 N–H and O–H groups in total. The Balaban J connectivity index is 2.09. The number of benzene rings is 1. The summed E-state index contributed by atoms with van der Waals surface area (Å²) in [5.74, 6) is 0. The van der Waals surface area contributed by atoms with Crippen molar-refractivity contribution in [3.05, 3.63) is 52.0 Å². The van der Waals surface area contributed by atoms with E-state index in [1.165, 1.54) is 5.56 Å². The van der Waals surface area contributed by atoms with Gasteiger partial charge in [-0.25, -0.2) is 4.98 Å². The lowest BCUT2D eigenvalue weighted by molar-refractivity contribution is 0.111. The Kier molecular flexibility index (Phi) is 3.74. The third-order valence-corrected chi connectivity index (χ3v) is 3.30. The second kappa shape index (κ2) is 5.27. The van der Waals surface area contributed by atoms with E-state index < -0.39 is 0 Å². The fraction of sp³-hybridized carbons (Fsp3) is 0.231. The number of hydrogen-bond donors (Lipinski definition) is 0. The van der Waals surface area contributed by atoms with Gasteiger partial charge in [0.05, 0.1) is 6.33 Å². The van der Waals surface area contributed by atoms with Crippen molar-refractivity contribution in [2.45, 2.75) is 12.8 Å². The summed E-state index contributed by atoms with van der Waals surface area (Å²) in [6, 6.07) is 8.22. The van der Waals surface area contributed by atoms with Crippen molar-refractivity contribution in [3.8, 4) is 0 Å². The lowest BCUT2D eigenvalue weighted by Gasteiger charge is -2.04. The van der Waals surface area contributed by atoms with Gasteiger partial charge in [-0.2, -0.15) is 0 Å². The topological polar surface area (TPSA) is 34.9 Å². The summed E-state index contributed by atoms with van der Waals surface area (Å²) in [6.07, 6.45) is 4.23. The van der Waals surface area contributed by atoms with Crippen molar-refractivity contribution < 1.29 is 4.79 Å². The van der Waals surface area contributed by atoms with Crippen LogP contribution in [0.3, 0.4) is 0 Å². The minimum absolute atomic E-state index is 0.546. The van der Waals surface area contributed by atoms with Gasteiger partial charge in [0.25, 0.3) is 0 Å². The molecule has 0 saturated heterocycles. The third kappa shape index (κ3) is 2.82. The van der Waals surface area contributed by atoms with Gasteiger partial charge < -0.3 is 4.57 Å². The van der Waals surface area contributed by atoms with E-state index in [2.05, 4.69) is 33.0 Å². The first-order valence-electron chi connectivity index (χ1n) is 5.40. The predicted octanol–water partition coefficient (Wildman–Crippen LogP) is 2.78. The summed E-state index contributed by atoms with van der Waals surface area (Å²) in [6.45, 7) is 0. The Bertz CT molecular complexity index is 517. The van der Waals surface area contributed by atoms with Crippen molar-refractivity contribution in [1.29, 1.82) is 0 Å². The molecule has 88 valence electrons. The number of imidazole rings is 1. The van der Waals surface area contributed by atoms with E-state index in [0.717, 1.165) is 29.3 Å². The zero-order chi connectivity index (χ0) is 12.3. The maximum Gasteiger partial charge on any atom is 0.170 e. The van der Waals surface area contributed by atoms with Gasteiger partial charge in [0.2, 0.25) is 0 Å². The highest BCUT2D eigenvalue weighted by Gasteiger charge is 2.07. The molecule has 1 aromatic heterocycles. The minimum Gasteiger partial charge on any atom is -0.337 e. The monoisotopic (exact) mass is 292 g/mol. The zero-order valence-electron chi connectivity index (χ0n) is 9.56. The van der Waals surface area contributed by atoms with Gasteiger partial charge in [0.1, 0.15) is 5.69 Å². The van der Waals surface area contributed by atoms with Gasteiger partial charge in [0.15, 0.2) is 6.29 Å². The normalized spacial score (nSPS) is 10.5. The smallest absolute Gasteiger partial charge is 0.170 e. The van der Waals surface area contributed by atoms with Crippen LogP contribution in [0.15, 0.2) is 35.1 Å². The van der Waals surface area contributed by atoms with Crippen LogP contribution in [-0.4, -0.2) is 15.8 Å². The van der Waals surface area contributed by atoms with E-state index in [-0.39, 0.29) is 0 Å². The Hall–Kier alpha value is -1.42. The van der Waals surface area contributed by atoms with E-state index in [1.54, 1.807) is 6.33 Å². The number of rotatable bonds is 4. The summed E-state index contributed by atoms with van der Waals surface area (Å²) in [7, 11) is 1.91. The minimum atomic E-state index is 0.546. The number of carbonyl (C=O) groups excluding carboxylic acids is 1. The molecule has 0 fully saturated rings. The van der Waals surface area contributed by atoms with Crippen LogP contribution in [0, 0.1) is 0 Å². The van der Waals surface area contributed by atoms with Crippen molar-refractivity contribution in [2.24, 2.45) is 7.05 Å². The fourth-order valence-electron chi connectivity index (χ4n) is 1.79. The first-order chi connectivity index (χ1) is 8.20. The summed E-state index contributed by atoms with van der Waals surface area (Å²) < 4.78 is 2.98. The largest absolute Gasteiger partial charge is 0.337 e. The van der Waals surface area contributed by atoms with Crippen molar-refractivity contribution in [1.82, 2.24) is 9.55 Å². The quantitative estimate of drug-likeness (QED) is 0.812. The maximum atomic E-state index is 10.8. The van der Waals surface area contributed by atoms with Gasteiger partial charge in [-0.15, -0.1) is 0 Å². The lowest BCUT2D eigenvalue weighted by atomic mass is 10.1. The number of halogens is 1. The average Bonchev–Trinajstić information content (AvgIpc) is 2.69. The van der Waals surface area contributed by atoms with Crippen LogP contribution in [-0.2, 0) is 19.9 Å². The van der Waals surface area contributed by atoms with Crippen LogP contribution in [0.2, 0.25) is 0 Å². The third-order valence-electron chi connectivity index (χ3n) is 2.77. The van der Waals surface area contributed by atoms with E-state index in [4.69, 9.17) is 0 Å². The van der Waals surface area contributed by atoms with Crippen LogP contribution < -0.4 is 0 Å². The van der Waals surface area contributed by atoms with Crippen LogP contribution in [0.25, 0.3) is 0 Å². The molecule has 0 spiro atoms. The highest BCUT2D eigenvalue weighted by molar-refractivity contribution is 9.10. The molecule has 1 aromatic carbocycles. The number of nitrogens with zero attached hydrogens (tertiary/aromatic N) is 2. The molecule has 2 rings (SSSR count). The molecule has 0 radical (unpaired) electrons. The molecular weight excluding hydrogens is 280 g/mol. The van der Waals surface area contributed by atoms with Gasteiger partial charge in [-0.05, 0) is 30.5 Å². The van der Waals surface area contributed by atoms with Crippen molar-refractivity contribution in [3.63, 3.8) is 0 Å². The highest BCUT2D eigenvalue weighted by atomic mass is 79.9. The van der Waals surface area contributed by atoms with E-state index >= 15 is 0 Å². The van der Waals surface area contributed by atoms with Crippen molar-refractivity contribution in [2.75, 3.05) is 0 Å². The zero-order valence-corrected chi connectivity index (χ0v) is 11.1. The molecule has 0 saturated carbocycles. The van der Waals surface area contributed by atoms with Gasteiger partial charge in [-0.3, -0.25) is 4.79 Å². The second-order valence-corrected chi connectivity index (χ2v) is 4.85. The Morgan fingerprint density at radius 1 is 1.29 bits per heavy atom. The maximum absolute atomic E-state index is 10.8. The molecule has 0 atom stereocenters. The number of carbonyl (C=O) groups is 1. The molecule has 0 aliphatic carbocycles. The summed E-state index contributed by atoms with van der Waals surface area (Å²) in [5.41, 5.74) is 2.79. The molecule has 2 aromatic rings. The SMILES string of the molecule is Cn1cnc(C=O)c1CCc1ccc(Br)cc1. The summed E-state index contributed by atoms with van der Waals surface area (Å²) in [4.78, 5) is 14.9. The molecular formula is C13H13BrN2O. The number of hydrogen-bond acceptors (Lipinski definition) is 2. The first-order valence-corrected chi connectivity index (χ1v) is 6.20. The number of aryl methyl sites for hydroxylation is 2. The highest BCUT2D eigenvalue weighted by Crippen LogP contribution is 2.13. The molecule has 0 amide bonds. The molecule has 0 bridgehead atoms. The van der Waals surface area contributed by atoms with Crippen LogP contribution in [0.5, 0.6) is 0 Å². The fourth-order valence-corrected chi connectivity index (χ4v) is 2.05. The molecule has 0 unspecified atom stereocenters. The van der Waals surface area contributed by atoms with Crippen LogP contribution in [0.1, 0.15) is 21.7 Å². The molecule has 0 aliphatic heterocycles. The van der Waals surface area contributed by atoms with E-state index in [9.17, 15) is 4.79 Å². The first kappa shape index (κ1) is 12.0. The van der Waals surface area contributed by atoms with Crippen LogP contribution in [0.4, 0.5) is 0 Å².